The van der Waals surface area contributed by atoms with Crippen LogP contribution in [0.5, 0.6) is 0 Å². The third-order valence-corrected chi connectivity index (χ3v) is 3.36. The van der Waals surface area contributed by atoms with Crippen LogP contribution < -0.4 is 5.32 Å². The molecule has 1 atom stereocenters. The minimum absolute atomic E-state index is 0.00346. The Morgan fingerprint density at radius 3 is 2.91 bits per heavy atom. The number of anilines is 1. The number of nitrogens with one attached hydrogen (secondary N) is 1. The van der Waals surface area contributed by atoms with Crippen molar-refractivity contribution in [1.82, 2.24) is 9.88 Å². The van der Waals surface area contributed by atoms with E-state index in [0.717, 1.165) is 6.08 Å². The molecule has 0 saturated carbocycles. The number of hydrogen-bond acceptors (Lipinski definition) is 5. The van der Waals surface area contributed by atoms with Gasteiger partial charge >= 0.3 is 12.1 Å². The van der Waals surface area contributed by atoms with Crippen LogP contribution in [-0.4, -0.2) is 52.8 Å². The maximum absolute atomic E-state index is 13.5. The summed E-state index contributed by atoms with van der Waals surface area (Å²) in [5.41, 5.74) is 0.430. The average Bonchev–Trinajstić information content (AvgIpc) is 2.98. The highest BCUT2D eigenvalue weighted by Gasteiger charge is 2.25. The summed E-state index contributed by atoms with van der Waals surface area (Å²) in [7, 11) is 0. The third kappa shape index (κ3) is 4.67. The van der Waals surface area contributed by atoms with Crippen LogP contribution in [-0.2, 0) is 9.53 Å². The first-order valence-electron chi connectivity index (χ1n) is 7.24. The second-order valence-corrected chi connectivity index (χ2v) is 5.05. The topological polar surface area (TPSA) is 91.8 Å². The fourth-order valence-corrected chi connectivity index (χ4v) is 2.24. The number of ether oxygens (including phenoxy) is 1. The highest BCUT2D eigenvalue weighted by Crippen LogP contribution is 2.16. The number of carbonyl (C=O) groups excluding carboxylic acids is 1. The smallest absolute Gasteiger partial charge is 0.407 e. The molecule has 1 aliphatic heterocycles. The Kier molecular flexibility index (Phi) is 5.51. The number of aromatic nitrogens is 1. The Balaban J connectivity index is 1.94. The maximum Gasteiger partial charge on any atom is 0.407 e. The largest absolute Gasteiger partial charge is 0.465 e. The number of hydrogen-bond donors (Lipinski definition) is 2. The molecule has 1 aromatic rings. The lowest BCUT2D eigenvalue weighted by atomic mass is 10.2. The van der Waals surface area contributed by atoms with Gasteiger partial charge in [0.25, 0.3) is 0 Å². The molecule has 0 radical (unpaired) electrons. The van der Waals surface area contributed by atoms with Crippen LogP contribution in [0.15, 0.2) is 24.2 Å². The van der Waals surface area contributed by atoms with Crippen LogP contribution >= 0.6 is 0 Å². The van der Waals surface area contributed by atoms with Gasteiger partial charge < -0.3 is 20.1 Å². The number of amides is 1. The lowest BCUT2D eigenvalue weighted by Crippen LogP contribution is -2.30. The lowest BCUT2D eigenvalue weighted by molar-refractivity contribution is -0.140. The molecule has 7 nitrogen and oxygen atoms in total. The van der Waals surface area contributed by atoms with Crippen molar-refractivity contribution < 1.29 is 23.8 Å². The fourth-order valence-electron chi connectivity index (χ4n) is 2.24. The highest BCUT2D eigenvalue weighted by atomic mass is 19.1. The van der Waals surface area contributed by atoms with E-state index < -0.39 is 17.9 Å². The van der Waals surface area contributed by atoms with Crippen molar-refractivity contribution in [3.05, 3.63) is 29.7 Å². The molecule has 1 fully saturated rings. The van der Waals surface area contributed by atoms with Gasteiger partial charge in [-0.25, -0.2) is 14.6 Å². The zero-order valence-corrected chi connectivity index (χ0v) is 12.7. The molecule has 23 heavy (non-hydrogen) atoms. The predicted octanol–water partition coefficient (Wildman–Crippen LogP) is 2.12. The van der Waals surface area contributed by atoms with E-state index in [-0.39, 0.29) is 12.6 Å². The van der Waals surface area contributed by atoms with Gasteiger partial charge in [0.15, 0.2) is 0 Å². The number of rotatable bonds is 5. The van der Waals surface area contributed by atoms with Gasteiger partial charge in [0.2, 0.25) is 5.83 Å². The summed E-state index contributed by atoms with van der Waals surface area (Å²) < 4.78 is 18.0. The van der Waals surface area contributed by atoms with Crippen molar-refractivity contribution >= 4 is 24.0 Å². The molecule has 124 valence electrons. The van der Waals surface area contributed by atoms with Gasteiger partial charge in [-0.05, 0) is 37.1 Å². The van der Waals surface area contributed by atoms with Crippen LogP contribution in [0.3, 0.4) is 0 Å². The average molecular weight is 323 g/mol. The first kappa shape index (κ1) is 16.7. The molecule has 0 aromatic carbocycles. The van der Waals surface area contributed by atoms with Gasteiger partial charge in [0.05, 0.1) is 6.61 Å². The molecule has 1 amide bonds. The Labute approximate surface area is 132 Å². The van der Waals surface area contributed by atoms with E-state index in [9.17, 15) is 14.0 Å². The number of carboxylic acid groups (broad SMARTS) is 1. The molecule has 1 aromatic heterocycles. The molecule has 2 N–H and O–H groups in total. The predicted molar refractivity (Wildman–Crippen MR) is 81.6 cm³/mol. The van der Waals surface area contributed by atoms with E-state index in [1.165, 1.54) is 11.1 Å². The number of esters is 1. The Morgan fingerprint density at radius 1 is 1.57 bits per heavy atom. The summed E-state index contributed by atoms with van der Waals surface area (Å²) in [5, 5.41) is 12.0. The van der Waals surface area contributed by atoms with E-state index in [0.29, 0.717) is 30.9 Å². The van der Waals surface area contributed by atoms with Gasteiger partial charge in [0.1, 0.15) is 5.82 Å². The van der Waals surface area contributed by atoms with E-state index in [1.807, 2.05) is 0 Å². The van der Waals surface area contributed by atoms with Crippen molar-refractivity contribution in [2.75, 3.05) is 25.0 Å². The molecule has 1 saturated heterocycles. The Morgan fingerprint density at radius 2 is 2.35 bits per heavy atom. The molecular formula is C15H18FN3O4. The van der Waals surface area contributed by atoms with Gasteiger partial charge in [-0.1, -0.05) is 0 Å². The second kappa shape index (κ2) is 7.57. The molecule has 2 rings (SSSR count). The van der Waals surface area contributed by atoms with Gasteiger partial charge in [-0.3, -0.25) is 0 Å². The quantitative estimate of drug-likeness (QED) is 0.637. The first-order chi connectivity index (χ1) is 11.0. The van der Waals surface area contributed by atoms with E-state index >= 15 is 0 Å². The van der Waals surface area contributed by atoms with E-state index in [4.69, 9.17) is 5.11 Å². The highest BCUT2D eigenvalue weighted by molar-refractivity contribution is 5.91. The fraction of sp³-hybridized carbons (Fsp3) is 0.400. The number of pyridine rings is 1. The van der Waals surface area contributed by atoms with Crippen LogP contribution in [0.25, 0.3) is 6.08 Å². The van der Waals surface area contributed by atoms with Crippen molar-refractivity contribution in [3.63, 3.8) is 0 Å². The monoisotopic (exact) mass is 323 g/mol. The molecule has 2 heterocycles. The summed E-state index contributed by atoms with van der Waals surface area (Å²) in [5.74, 6) is -1.42. The number of carbonyl (C=O) groups is 2. The third-order valence-electron chi connectivity index (χ3n) is 3.36. The lowest BCUT2D eigenvalue weighted by Gasteiger charge is -2.14. The summed E-state index contributed by atoms with van der Waals surface area (Å²) in [6, 6.07) is 3.25. The Hall–Kier alpha value is -2.64. The van der Waals surface area contributed by atoms with Crippen molar-refractivity contribution in [3.8, 4) is 0 Å². The molecule has 0 unspecified atom stereocenters. The molecule has 1 aliphatic rings. The van der Waals surface area contributed by atoms with E-state index in [1.54, 1.807) is 19.1 Å². The molecule has 0 aliphatic carbocycles. The zero-order chi connectivity index (χ0) is 16.8. The van der Waals surface area contributed by atoms with Gasteiger partial charge in [0, 0.05) is 25.3 Å². The van der Waals surface area contributed by atoms with Crippen LogP contribution in [0.4, 0.5) is 15.0 Å². The molecule has 0 bridgehead atoms. The summed E-state index contributed by atoms with van der Waals surface area (Å²) in [4.78, 5) is 27.5. The van der Waals surface area contributed by atoms with Crippen LogP contribution in [0.2, 0.25) is 0 Å². The minimum Gasteiger partial charge on any atom is -0.465 e. The van der Waals surface area contributed by atoms with E-state index in [2.05, 4.69) is 15.0 Å². The normalized spacial score (nSPS) is 17.9. The molecule has 8 heteroatoms. The van der Waals surface area contributed by atoms with Crippen LogP contribution in [0, 0.1) is 0 Å². The second-order valence-electron chi connectivity index (χ2n) is 5.05. The number of halogens is 1. The summed E-state index contributed by atoms with van der Waals surface area (Å²) in [6.45, 7) is 2.59. The SMILES string of the molecule is CCOC(=O)C(F)=Cc1ccc(N[C@@H]2CCN(C(=O)O)C2)nc1. The standard InChI is InChI=1S/C15H18FN3O4/c1-2-23-14(20)12(16)7-10-3-4-13(17-8-10)18-11-5-6-19(9-11)15(21)22/h3-4,7-8,11H,2,5-6,9H2,1H3,(H,17,18)(H,21,22)/t11-/m1/s1. The minimum atomic E-state index is -1.01. The van der Waals surface area contributed by atoms with Crippen molar-refractivity contribution in [2.24, 2.45) is 0 Å². The van der Waals surface area contributed by atoms with Crippen LogP contribution in [0.1, 0.15) is 18.9 Å². The van der Waals surface area contributed by atoms with Gasteiger partial charge in [-0.15, -0.1) is 0 Å². The van der Waals surface area contributed by atoms with Crippen molar-refractivity contribution in [2.45, 2.75) is 19.4 Å². The number of likely N-dealkylation sites (tertiary alicyclic amines) is 1. The number of nitrogens with zero attached hydrogens (tertiary/aromatic N) is 2. The summed E-state index contributed by atoms with van der Waals surface area (Å²) >= 11 is 0. The summed E-state index contributed by atoms with van der Waals surface area (Å²) in [6.07, 6.45) is 2.24. The first-order valence-corrected chi connectivity index (χ1v) is 7.24. The maximum atomic E-state index is 13.5. The molecular weight excluding hydrogens is 305 g/mol. The van der Waals surface area contributed by atoms with Crippen molar-refractivity contribution in [1.29, 1.82) is 0 Å². The molecule has 0 spiro atoms. The Bertz CT molecular complexity index is 603. The zero-order valence-electron chi connectivity index (χ0n) is 12.7. The van der Waals surface area contributed by atoms with Gasteiger partial charge in [-0.2, -0.15) is 4.39 Å².